The van der Waals surface area contributed by atoms with Gasteiger partial charge in [-0.05, 0) is 43.0 Å². The van der Waals surface area contributed by atoms with E-state index >= 15 is 0 Å². The summed E-state index contributed by atoms with van der Waals surface area (Å²) in [5, 5.41) is 12.7. The van der Waals surface area contributed by atoms with Crippen LogP contribution in [0.25, 0.3) is 10.9 Å². The third-order valence-corrected chi connectivity index (χ3v) is 4.46. The topological polar surface area (TPSA) is 85.4 Å². The molecule has 1 aromatic heterocycles. The lowest BCUT2D eigenvalue weighted by Crippen LogP contribution is -2.47. The lowest BCUT2D eigenvalue weighted by molar-refractivity contribution is -0.143. The first-order chi connectivity index (χ1) is 11.5. The zero-order chi connectivity index (χ0) is 17.1. The Morgan fingerprint density at radius 2 is 2.25 bits per heavy atom. The number of carbonyl (C=O) groups is 2. The van der Waals surface area contributed by atoms with Crippen molar-refractivity contribution in [3.8, 4) is 0 Å². The number of benzene rings is 1. The van der Waals surface area contributed by atoms with Gasteiger partial charge in [0.1, 0.15) is 5.82 Å². The number of hydrogen-bond donors (Lipinski definition) is 3. The largest absolute Gasteiger partial charge is 0.481 e. The molecule has 0 radical (unpaired) electrons. The van der Waals surface area contributed by atoms with Gasteiger partial charge in [-0.15, -0.1) is 0 Å². The quantitative estimate of drug-likeness (QED) is 0.803. The molecule has 1 fully saturated rings. The van der Waals surface area contributed by atoms with E-state index < -0.39 is 11.9 Å². The van der Waals surface area contributed by atoms with Crippen LogP contribution in [0.5, 0.6) is 0 Å². The molecule has 2 aromatic rings. The van der Waals surface area contributed by atoms with Gasteiger partial charge in [0.15, 0.2) is 0 Å². The molecular weight excluding hydrogens is 313 g/mol. The standard InChI is InChI=1S/C17H20FN3O3/c18-13-3-4-15-14(8-13)11(9-20-15)5-6-19-17(24)21-7-1-2-12(10-21)16(22)23/h3-4,8-9,12,20H,1-2,5-7,10H2,(H,19,24)(H,22,23). The van der Waals surface area contributed by atoms with Crippen LogP contribution in [0.15, 0.2) is 24.4 Å². The molecule has 1 unspecified atom stereocenters. The zero-order valence-electron chi connectivity index (χ0n) is 13.2. The van der Waals surface area contributed by atoms with E-state index in [0.29, 0.717) is 32.4 Å². The number of urea groups is 1. The molecule has 1 aliphatic heterocycles. The Labute approximate surface area is 138 Å². The molecule has 128 valence electrons. The molecule has 3 rings (SSSR count). The number of carboxylic acids is 1. The molecule has 0 aliphatic carbocycles. The van der Waals surface area contributed by atoms with E-state index in [1.54, 1.807) is 11.0 Å². The highest BCUT2D eigenvalue weighted by atomic mass is 19.1. The number of nitrogens with one attached hydrogen (secondary N) is 2. The summed E-state index contributed by atoms with van der Waals surface area (Å²) in [7, 11) is 0. The number of rotatable bonds is 4. The van der Waals surface area contributed by atoms with Crippen molar-refractivity contribution in [2.75, 3.05) is 19.6 Å². The van der Waals surface area contributed by atoms with E-state index in [1.165, 1.54) is 12.1 Å². The molecular formula is C17H20FN3O3. The highest BCUT2D eigenvalue weighted by Gasteiger charge is 2.27. The summed E-state index contributed by atoms with van der Waals surface area (Å²) >= 11 is 0. The van der Waals surface area contributed by atoms with Crippen LogP contribution in [0.4, 0.5) is 9.18 Å². The van der Waals surface area contributed by atoms with Gasteiger partial charge in [0.25, 0.3) is 0 Å². The predicted octanol–water partition coefficient (Wildman–Crippen LogP) is 2.36. The summed E-state index contributed by atoms with van der Waals surface area (Å²) in [6.45, 7) is 1.24. The summed E-state index contributed by atoms with van der Waals surface area (Å²) in [6.07, 6.45) is 3.70. The second kappa shape index (κ2) is 6.90. The Kier molecular flexibility index (Phi) is 4.69. The molecule has 1 atom stereocenters. The minimum Gasteiger partial charge on any atom is -0.481 e. The summed E-state index contributed by atoms with van der Waals surface area (Å²) < 4.78 is 13.4. The van der Waals surface area contributed by atoms with Crippen molar-refractivity contribution in [2.45, 2.75) is 19.3 Å². The molecule has 1 aliphatic rings. The van der Waals surface area contributed by atoms with Crippen LogP contribution < -0.4 is 5.32 Å². The van der Waals surface area contributed by atoms with Crippen molar-refractivity contribution in [3.05, 3.63) is 35.8 Å². The van der Waals surface area contributed by atoms with Crippen LogP contribution in [0.2, 0.25) is 0 Å². The number of likely N-dealkylation sites (tertiary alicyclic amines) is 1. The van der Waals surface area contributed by atoms with Gasteiger partial charge in [0.05, 0.1) is 5.92 Å². The first-order valence-corrected chi connectivity index (χ1v) is 8.05. The van der Waals surface area contributed by atoms with Crippen molar-refractivity contribution >= 4 is 22.9 Å². The minimum absolute atomic E-state index is 0.244. The van der Waals surface area contributed by atoms with E-state index in [9.17, 15) is 14.0 Å². The summed E-state index contributed by atoms with van der Waals surface area (Å²) in [6, 6.07) is 4.32. The summed E-state index contributed by atoms with van der Waals surface area (Å²) in [5.41, 5.74) is 1.80. The Hall–Kier alpha value is -2.57. The fourth-order valence-electron chi connectivity index (χ4n) is 3.14. The van der Waals surface area contributed by atoms with Gasteiger partial charge >= 0.3 is 12.0 Å². The normalized spacial score (nSPS) is 17.9. The predicted molar refractivity (Wildman–Crippen MR) is 87.3 cm³/mol. The maximum Gasteiger partial charge on any atom is 0.317 e. The smallest absolute Gasteiger partial charge is 0.317 e. The Bertz CT molecular complexity index is 759. The van der Waals surface area contributed by atoms with Crippen LogP contribution in [0.3, 0.4) is 0 Å². The molecule has 24 heavy (non-hydrogen) atoms. The first-order valence-electron chi connectivity index (χ1n) is 8.05. The van der Waals surface area contributed by atoms with Gasteiger partial charge in [-0.3, -0.25) is 4.79 Å². The van der Waals surface area contributed by atoms with Crippen molar-refractivity contribution in [1.82, 2.24) is 15.2 Å². The highest BCUT2D eigenvalue weighted by molar-refractivity contribution is 5.83. The van der Waals surface area contributed by atoms with E-state index in [2.05, 4.69) is 10.3 Å². The van der Waals surface area contributed by atoms with E-state index in [1.807, 2.05) is 6.20 Å². The number of H-pyrrole nitrogens is 1. The average molecular weight is 333 g/mol. The molecule has 0 bridgehead atoms. The van der Waals surface area contributed by atoms with Gasteiger partial charge < -0.3 is 20.3 Å². The lowest BCUT2D eigenvalue weighted by atomic mass is 9.99. The monoisotopic (exact) mass is 333 g/mol. The third-order valence-electron chi connectivity index (χ3n) is 4.46. The lowest BCUT2D eigenvalue weighted by Gasteiger charge is -2.30. The number of aliphatic carboxylic acids is 1. The van der Waals surface area contributed by atoms with Crippen molar-refractivity contribution < 1.29 is 19.1 Å². The van der Waals surface area contributed by atoms with Crippen LogP contribution in [-0.2, 0) is 11.2 Å². The Morgan fingerprint density at radius 3 is 3.04 bits per heavy atom. The maximum absolute atomic E-state index is 13.4. The number of piperidine rings is 1. The van der Waals surface area contributed by atoms with Crippen molar-refractivity contribution in [2.24, 2.45) is 5.92 Å². The van der Waals surface area contributed by atoms with Crippen LogP contribution >= 0.6 is 0 Å². The summed E-state index contributed by atoms with van der Waals surface area (Å²) in [4.78, 5) is 27.9. The molecule has 1 saturated heterocycles. The second-order valence-corrected chi connectivity index (χ2v) is 6.11. The number of carbonyl (C=O) groups excluding carboxylic acids is 1. The SMILES string of the molecule is O=C(O)C1CCCN(C(=O)NCCc2c[nH]c3ccc(F)cc23)C1. The molecule has 7 heteroatoms. The molecule has 6 nitrogen and oxygen atoms in total. The average Bonchev–Trinajstić information content (AvgIpc) is 2.97. The molecule has 3 N–H and O–H groups in total. The number of hydrogen-bond acceptors (Lipinski definition) is 2. The maximum atomic E-state index is 13.4. The number of carboxylic acid groups (broad SMARTS) is 1. The Balaban J connectivity index is 1.54. The first kappa shape index (κ1) is 16.3. The Morgan fingerprint density at radius 1 is 1.42 bits per heavy atom. The number of halogens is 1. The van der Waals surface area contributed by atoms with Gasteiger partial charge in [0.2, 0.25) is 0 Å². The summed E-state index contributed by atoms with van der Waals surface area (Å²) in [5.74, 6) is -1.63. The van der Waals surface area contributed by atoms with Crippen molar-refractivity contribution in [1.29, 1.82) is 0 Å². The minimum atomic E-state index is -0.853. The van der Waals surface area contributed by atoms with E-state index in [-0.39, 0.29) is 18.4 Å². The molecule has 1 aromatic carbocycles. The molecule has 0 saturated carbocycles. The van der Waals surface area contributed by atoms with Gasteiger partial charge in [-0.25, -0.2) is 9.18 Å². The number of aromatic nitrogens is 1. The molecule has 2 amide bonds. The number of amides is 2. The zero-order valence-corrected chi connectivity index (χ0v) is 13.2. The van der Waals surface area contributed by atoms with Crippen LogP contribution in [0, 0.1) is 11.7 Å². The van der Waals surface area contributed by atoms with Crippen LogP contribution in [0.1, 0.15) is 18.4 Å². The number of aromatic amines is 1. The van der Waals surface area contributed by atoms with Gasteiger partial charge in [-0.1, -0.05) is 0 Å². The van der Waals surface area contributed by atoms with E-state index in [4.69, 9.17) is 5.11 Å². The molecule has 0 spiro atoms. The number of nitrogens with zero attached hydrogens (tertiary/aromatic N) is 1. The number of fused-ring (bicyclic) bond motifs is 1. The fraction of sp³-hybridized carbons (Fsp3) is 0.412. The second-order valence-electron chi connectivity index (χ2n) is 6.11. The third kappa shape index (κ3) is 3.50. The van der Waals surface area contributed by atoms with E-state index in [0.717, 1.165) is 16.5 Å². The van der Waals surface area contributed by atoms with Gasteiger partial charge in [0, 0.05) is 36.7 Å². The van der Waals surface area contributed by atoms with Crippen molar-refractivity contribution in [3.63, 3.8) is 0 Å². The van der Waals surface area contributed by atoms with Crippen LogP contribution in [-0.4, -0.2) is 46.6 Å². The molecule has 2 heterocycles. The van der Waals surface area contributed by atoms with Gasteiger partial charge in [-0.2, -0.15) is 0 Å². The fourth-order valence-corrected chi connectivity index (χ4v) is 3.14. The highest BCUT2D eigenvalue weighted by Crippen LogP contribution is 2.20.